The van der Waals surface area contributed by atoms with E-state index in [-0.39, 0.29) is 24.5 Å². The SMILES string of the molecule is COCCCCN1C(=O)C(C)(C)Oc2cc(C(F)(F)F)c(C(=O)N(C)[C@@H]3CCCN(C(=O)OC(C)(C)C)C3)cc21. The van der Waals surface area contributed by atoms with Gasteiger partial charge in [0.1, 0.15) is 11.4 Å². The number of hydrogen-bond acceptors (Lipinski definition) is 6. The Labute approximate surface area is 233 Å². The van der Waals surface area contributed by atoms with Crippen LogP contribution >= 0.6 is 0 Å². The highest BCUT2D eigenvalue weighted by Crippen LogP contribution is 2.44. The fraction of sp³-hybridized carbons (Fsp3) is 0.679. The number of ether oxygens (including phenoxy) is 3. The number of halogens is 3. The van der Waals surface area contributed by atoms with Gasteiger partial charge in [-0.3, -0.25) is 9.59 Å². The molecule has 2 aliphatic heterocycles. The van der Waals surface area contributed by atoms with Gasteiger partial charge in [-0.2, -0.15) is 13.2 Å². The lowest BCUT2D eigenvalue weighted by atomic mass is 9.97. The lowest BCUT2D eigenvalue weighted by Gasteiger charge is -2.40. The first kappa shape index (κ1) is 31.5. The molecule has 0 unspecified atom stereocenters. The number of benzene rings is 1. The minimum atomic E-state index is -4.85. The van der Waals surface area contributed by atoms with Crippen LogP contribution in [0.4, 0.5) is 23.7 Å². The van der Waals surface area contributed by atoms with Crippen molar-refractivity contribution in [3.8, 4) is 5.75 Å². The Morgan fingerprint density at radius 3 is 2.45 bits per heavy atom. The highest BCUT2D eigenvalue weighted by Gasteiger charge is 2.45. The number of likely N-dealkylation sites (N-methyl/N-ethyl adjacent to an activating group) is 1. The third-order valence-corrected chi connectivity index (χ3v) is 6.95. The zero-order chi connectivity index (χ0) is 30.0. The van der Waals surface area contributed by atoms with E-state index in [0.717, 1.165) is 12.1 Å². The molecule has 0 radical (unpaired) electrons. The van der Waals surface area contributed by atoms with Crippen LogP contribution < -0.4 is 9.64 Å². The molecule has 1 saturated heterocycles. The van der Waals surface area contributed by atoms with E-state index in [0.29, 0.717) is 38.8 Å². The van der Waals surface area contributed by atoms with Crippen LogP contribution in [0, 0.1) is 0 Å². The molecule has 0 aromatic heterocycles. The fourth-order valence-electron chi connectivity index (χ4n) is 4.88. The standard InChI is InChI=1S/C28H40F3N3O6/c1-26(2,3)40-25(37)33-12-10-11-18(17-33)32(6)23(35)19-15-21-22(16-20(19)28(29,30)31)39-27(4,5)24(36)34(21)13-8-9-14-38-7/h15-16,18H,8-14,17H2,1-7H3/t18-/m1/s1. The van der Waals surface area contributed by atoms with Crippen LogP contribution in [0.3, 0.4) is 0 Å². The molecule has 1 atom stereocenters. The van der Waals surface area contributed by atoms with Crippen molar-refractivity contribution in [2.45, 2.75) is 83.7 Å². The number of hydrogen-bond donors (Lipinski definition) is 0. The van der Waals surface area contributed by atoms with Crippen LogP contribution in [0.25, 0.3) is 0 Å². The molecular weight excluding hydrogens is 531 g/mol. The minimum Gasteiger partial charge on any atom is -0.476 e. The van der Waals surface area contributed by atoms with Gasteiger partial charge in [-0.1, -0.05) is 0 Å². The van der Waals surface area contributed by atoms with Crippen LogP contribution in [0.15, 0.2) is 12.1 Å². The zero-order valence-corrected chi connectivity index (χ0v) is 24.3. The number of fused-ring (bicyclic) bond motifs is 1. The number of likely N-dealkylation sites (tertiary alicyclic amines) is 1. The van der Waals surface area contributed by atoms with E-state index in [4.69, 9.17) is 14.2 Å². The van der Waals surface area contributed by atoms with Crippen LogP contribution in [-0.2, 0) is 20.4 Å². The predicted molar refractivity (Wildman–Crippen MR) is 143 cm³/mol. The summed E-state index contributed by atoms with van der Waals surface area (Å²) in [6.07, 6.45) is -3.14. The van der Waals surface area contributed by atoms with Gasteiger partial charge in [-0.15, -0.1) is 0 Å². The molecule has 40 heavy (non-hydrogen) atoms. The molecule has 0 saturated carbocycles. The zero-order valence-electron chi connectivity index (χ0n) is 24.3. The van der Waals surface area contributed by atoms with Gasteiger partial charge in [-0.05, 0) is 72.4 Å². The van der Waals surface area contributed by atoms with E-state index < -0.39 is 52.5 Å². The summed E-state index contributed by atoms with van der Waals surface area (Å²) in [4.78, 5) is 43.6. The Balaban J connectivity index is 1.96. The van der Waals surface area contributed by atoms with E-state index in [1.54, 1.807) is 27.9 Å². The average Bonchev–Trinajstić information content (AvgIpc) is 2.85. The summed E-state index contributed by atoms with van der Waals surface area (Å²) < 4.78 is 59.0. The van der Waals surface area contributed by atoms with Crippen LogP contribution in [0.1, 0.15) is 76.2 Å². The minimum absolute atomic E-state index is 0.114. The Hall–Kier alpha value is -3.02. The summed E-state index contributed by atoms with van der Waals surface area (Å²) in [5, 5.41) is 0. The first-order valence-electron chi connectivity index (χ1n) is 13.5. The fourth-order valence-corrected chi connectivity index (χ4v) is 4.88. The lowest BCUT2D eigenvalue weighted by Crippen LogP contribution is -2.53. The van der Waals surface area contributed by atoms with Gasteiger partial charge >= 0.3 is 12.3 Å². The van der Waals surface area contributed by atoms with Gasteiger partial charge in [-0.25, -0.2) is 4.79 Å². The molecule has 0 aliphatic carbocycles. The average molecular weight is 572 g/mol. The van der Waals surface area contributed by atoms with Crippen LogP contribution in [-0.4, -0.2) is 85.3 Å². The number of anilines is 1. The number of rotatable bonds is 7. The van der Waals surface area contributed by atoms with E-state index in [1.165, 1.54) is 35.6 Å². The molecule has 1 aromatic carbocycles. The molecule has 0 N–H and O–H groups in total. The first-order valence-corrected chi connectivity index (χ1v) is 13.5. The summed E-state index contributed by atoms with van der Waals surface area (Å²) >= 11 is 0. The van der Waals surface area contributed by atoms with Gasteiger partial charge < -0.3 is 28.9 Å². The Morgan fingerprint density at radius 2 is 1.85 bits per heavy atom. The Morgan fingerprint density at radius 1 is 1.18 bits per heavy atom. The number of nitrogens with zero attached hydrogens (tertiary/aromatic N) is 3. The predicted octanol–water partition coefficient (Wildman–Crippen LogP) is 5.11. The van der Waals surface area contributed by atoms with Crippen LogP contribution in [0.2, 0.25) is 0 Å². The first-order chi connectivity index (χ1) is 18.5. The number of piperidine rings is 1. The van der Waals surface area contributed by atoms with Gasteiger partial charge in [0.05, 0.1) is 16.8 Å². The molecule has 12 heteroatoms. The number of alkyl halides is 3. The van der Waals surface area contributed by atoms with Gasteiger partial charge in [0, 0.05) is 46.4 Å². The smallest absolute Gasteiger partial charge is 0.417 e. The Bertz CT molecular complexity index is 1120. The topological polar surface area (TPSA) is 88.6 Å². The van der Waals surface area contributed by atoms with Gasteiger partial charge in [0.25, 0.3) is 11.8 Å². The number of unbranched alkanes of at least 4 members (excludes halogenated alkanes) is 1. The highest BCUT2D eigenvalue weighted by molar-refractivity contribution is 6.05. The van der Waals surface area contributed by atoms with Crippen LogP contribution in [0.5, 0.6) is 5.75 Å². The molecule has 3 rings (SSSR count). The number of carbonyl (C=O) groups is 3. The van der Waals surface area contributed by atoms with Crippen molar-refractivity contribution >= 4 is 23.6 Å². The van der Waals surface area contributed by atoms with Crippen molar-refractivity contribution in [3.63, 3.8) is 0 Å². The number of methoxy groups -OCH3 is 1. The molecular formula is C28H40F3N3O6. The van der Waals surface area contributed by atoms with E-state index in [1.807, 2.05) is 0 Å². The van der Waals surface area contributed by atoms with Gasteiger partial charge in [0.2, 0.25) is 0 Å². The molecule has 1 aromatic rings. The van der Waals surface area contributed by atoms with Crippen molar-refractivity contribution in [1.29, 1.82) is 0 Å². The maximum atomic E-state index is 14.3. The molecule has 3 amide bonds. The lowest BCUT2D eigenvalue weighted by molar-refractivity contribution is -0.138. The summed E-state index contributed by atoms with van der Waals surface area (Å²) in [6.45, 7) is 9.48. The maximum absolute atomic E-state index is 14.3. The summed E-state index contributed by atoms with van der Waals surface area (Å²) in [6, 6.07) is 1.39. The van der Waals surface area contributed by atoms with E-state index in [2.05, 4.69) is 0 Å². The Kier molecular flexibility index (Phi) is 9.33. The molecule has 1 fully saturated rings. The largest absolute Gasteiger partial charge is 0.476 e. The van der Waals surface area contributed by atoms with Crippen molar-refractivity contribution in [2.24, 2.45) is 0 Å². The molecule has 224 valence electrons. The molecule has 9 nitrogen and oxygen atoms in total. The van der Waals surface area contributed by atoms with E-state index >= 15 is 0 Å². The van der Waals surface area contributed by atoms with Gasteiger partial charge in [0.15, 0.2) is 5.60 Å². The third kappa shape index (κ3) is 7.18. The van der Waals surface area contributed by atoms with Crippen molar-refractivity contribution in [1.82, 2.24) is 9.80 Å². The molecule has 2 aliphatic rings. The molecule has 2 heterocycles. The summed E-state index contributed by atoms with van der Waals surface area (Å²) in [5.41, 5.74) is -3.70. The summed E-state index contributed by atoms with van der Waals surface area (Å²) in [5.74, 6) is -1.39. The molecule has 0 spiro atoms. The number of carbonyl (C=O) groups excluding carboxylic acids is 3. The summed E-state index contributed by atoms with van der Waals surface area (Å²) in [7, 11) is 2.99. The second-order valence-corrected chi connectivity index (χ2v) is 11.8. The van der Waals surface area contributed by atoms with Crippen molar-refractivity contribution in [2.75, 3.05) is 45.3 Å². The normalized spacial score (nSPS) is 19.1. The highest BCUT2D eigenvalue weighted by atomic mass is 19.4. The van der Waals surface area contributed by atoms with E-state index in [9.17, 15) is 27.6 Å². The second kappa shape index (κ2) is 11.8. The maximum Gasteiger partial charge on any atom is 0.417 e. The number of amides is 3. The molecule has 0 bridgehead atoms. The van der Waals surface area contributed by atoms with Crippen molar-refractivity contribution < 1.29 is 41.8 Å². The van der Waals surface area contributed by atoms with Crippen molar-refractivity contribution in [3.05, 3.63) is 23.3 Å². The monoisotopic (exact) mass is 571 g/mol. The second-order valence-electron chi connectivity index (χ2n) is 11.8. The third-order valence-electron chi connectivity index (χ3n) is 6.95. The quantitative estimate of drug-likeness (QED) is 0.423.